The van der Waals surface area contributed by atoms with Crippen LogP contribution in [0.1, 0.15) is 13.8 Å². The van der Waals surface area contributed by atoms with E-state index in [1.54, 1.807) is 17.7 Å². The van der Waals surface area contributed by atoms with Crippen LogP contribution >= 0.6 is 11.3 Å². The van der Waals surface area contributed by atoms with E-state index in [1.165, 1.54) is 20.2 Å². The van der Waals surface area contributed by atoms with Gasteiger partial charge in [0.25, 0.3) is 0 Å². The molecule has 0 bridgehead atoms. The number of rotatable bonds is 2. The zero-order valence-corrected chi connectivity index (χ0v) is 19.8. The Bertz CT molecular complexity index is 1780. The largest absolute Gasteiger partial charge is 0.292 e. The number of fused-ring (bicyclic) bond motifs is 7. The van der Waals surface area contributed by atoms with Crippen LogP contribution in [0.25, 0.3) is 59.1 Å². The van der Waals surface area contributed by atoms with E-state index < -0.39 is 0 Å². The topological polar surface area (TPSA) is 43.6 Å². The highest BCUT2D eigenvalue weighted by molar-refractivity contribution is 7.26. The molecule has 0 aliphatic carbocycles. The molecular weight excluding hydrogens is 436 g/mol. The van der Waals surface area contributed by atoms with E-state index in [0.717, 1.165) is 38.9 Å². The summed E-state index contributed by atoms with van der Waals surface area (Å²) in [4.78, 5) is 14.0. The van der Waals surface area contributed by atoms with Crippen molar-refractivity contribution in [1.29, 1.82) is 0 Å². The standard InChI is InChI=1S/C27H16N4S.C2H6/c1-2-8-17(9-3-1)20-14-28-16-30-27(20)31-22-12-6-4-10-18(22)21-15-29-24-19-11-5-7-13-23(19)32-26(24)25(21)31;1-2/h1-16H;1-2H3. The summed E-state index contributed by atoms with van der Waals surface area (Å²) >= 11 is 1.79. The number of benzene rings is 3. The number of nitrogens with zero attached hydrogens (tertiary/aromatic N) is 4. The van der Waals surface area contributed by atoms with E-state index in [0.29, 0.717) is 0 Å². The van der Waals surface area contributed by atoms with Gasteiger partial charge >= 0.3 is 0 Å². The normalized spacial score (nSPS) is 11.2. The fraction of sp³-hybridized carbons (Fsp3) is 0.0690. The van der Waals surface area contributed by atoms with Gasteiger partial charge in [0.05, 0.1) is 21.3 Å². The molecule has 34 heavy (non-hydrogen) atoms. The maximum Gasteiger partial charge on any atom is 0.148 e. The zero-order valence-electron chi connectivity index (χ0n) is 18.9. The van der Waals surface area contributed by atoms with Crippen molar-refractivity contribution in [3.8, 4) is 16.9 Å². The fourth-order valence-electron chi connectivity index (χ4n) is 4.61. The maximum absolute atomic E-state index is 4.90. The first-order chi connectivity index (χ1) is 16.9. The molecule has 7 aromatic rings. The van der Waals surface area contributed by atoms with Crippen LogP contribution in [0.5, 0.6) is 0 Å². The van der Waals surface area contributed by atoms with Crippen LogP contribution in [0.3, 0.4) is 0 Å². The van der Waals surface area contributed by atoms with Crippen LogP contribution in [-0.4, -0.2) is 19.5 Å². The van der Waals surface area contributed by atoms with Crippen molar-refractivity contribution in [1.82, 2.24) is 19.5 Å². The third-order valence-corrected chi connectivity index (χ3v) is 7.18. The number of hydrogen-bond donors (Lipinski definition) is 0. The minimum Gasteiger partial charge on any atom is -0.292 e. The lowest BCUT2D eigenvalue weighted by molar-refractivity contribution is 1.04. The summed E-state index contributed by atoms with van der Waals surface area (Å²) in [5.74, 6) is 0.877. The summed E-state index contributed by atoms with van der Waals surface area (Å²) < 4.78 is 4.71. The second kappa shape index (κ2) is 8.36. The fourth-order valence-corrected chi connectivity index (χ4v) is 5.81. The quantitative estimate of drug-likeness (QED) is 0.263. The predicted molar refractivity (Wildman–Crippen MR) is 144 cm³/mol. The summed E-state index contributed by atoms with van der Waals surface area (Å²) in [5, 5.41) is 3.50. The van der Waals surface area contributed by atoms with Crippen molar-refractivity contribution < 1.29 is 0 Å². The summed E-state index contributed by atoms with van der Waals surface area (Å²) in [6.45, 7) is 4.00. The Labute approximate surface area is 201 Å². The van der Waals surface area contributed by atoms with Gasteiger partial charge < -0.3 is 0 Å². The van der Waals surface area contributed by atoms with Crippen molar-refractivity contribution in [2.45, 2.75) is 13.8 Å². The number of aromatic nitrogens is 4. The van der Waals surface area contributed by atoms with Gasteiger partial charge in [-0.25, -0.2) is 9.97 Å². The smallest absolute Gasteiger partial charge is 0.148 e. The molecule has 0 amide bonds. The molecule has 0 saturated heterocycles. The van der Waals surface area contributed by atoms with Gasteiger partial charge in [0, 0.05) is 38.8 Å². The highest BCUT2D eigenvalue weighted by Gasteiger charge is 2.20. The molecule has 0 unspecified atom stereocenters. The van der Waals surface area contributed by atoms with E-state index >= 15 is 0 Å². The third-order valence-electron chi connectivity index (χ3n) is 6.01. The lowest BCUT2D eigenvalue weighted by Gasteiger charge is -2.12. The van der Waals surface area contributed by atoms with E-state index in [-0.39, 0.29) is 0 Å². The molecule has 3 aromatic carbocycles. The summed E-state index contributed by atoms with van der Waals surface area (Å²) in [7, 11) is 0. The van der Waals surface area contributed by atoms with Crippen LogP contribution < -0.4 is 0 Å². The van der Waals surface area contributed by atoms with Crippen molar-refractivity contribution in [3.05, 3.63) is 97.6 Å². The Morgan fingerprint density at radius 3 is 2.29 bits per heavy atom. The lowest BCUT2D eigenvalue weighted by atomic mass is 10.1. The van der Waals surface area contributed by atoms with Crippen LogP contribution in [0.15, 0.2) is 97.6 Å². The van der Waals surface area contributed by atoms with Gasteiger partial charge in [-0.15, -0.1) is 11.3 Å². The van der Waals surface area contributed by atoms with Gasteiger partial charge in [-0.2, -0.15) is 0 Å². The van der Waals surface area contributed by atoms with Crippen LogP contribution in [0.2, 0.25) is 0 Å². The Morgan fingerprint density at radius 1 is 0.706 bits per heavy atom. The molecule has 5 heteroatoms. The number of hydrogen-bond acceptors (Lipinski definition) is 4. The number of thiophene rings is 1. The molecule has 0 radical (unpaired) electrons. The highest BCUT2D eigenvalue weighted by Crippen LogP contribution is 2.42. The maximum atomic E-state index is 4.90. The molecule has 7 rings (SSSR count). The van der Waals surface area contributed by atoms with Gasteiger partial charge in [-0.3, -0.25) is 9.55 Å². The zero-order chi connectivity index (χ0) is 23.1. The van der Waals surface area contributed by atoms with Gasteiger partial charge in [-0.05, 0) is 17.7 Å². The first-order valence-electron chi connectivity index (χ1n) is 11.5. The van der Waals surface area contributed by atoms with Gasteiger partial charge in [-0.1, -0.05) is 80.6 Å². The van der Waals surface area contributed by atoms with E-state index in [2.05, 4.69) is 70.2 Å². The summed E-state index contributed by atoms with van der Waals surface area (Å²) in [5.41, 5.74) is 5.40. The molecule has 0 aliphatic rings. The second-order valence-corrected chi connectivity index (χ2v) is 8.83. The Kier molecular flexibility index (Phi) is 5.04. The molecule has 0 saturated carbocycles. The van der Waals surface area contributed by atoms with Crippen LogP contribution in [-0.2, 0) is 0 Å². The van der Waals surface area contributed by atoms with Crippen molar-refractivity contribution in [2.75, 3.05) is 0 Å². The van der Waals surface area contributed by atoms with Crippen molar-refractivity contribution in [2.24, 2.45) is 0 Å². The Hall–Kier alpha value is -4.09. The average Bonchev–Trinajstić information content (AvgIpc) is 3.46. The third kappa shape index (κ3) is 3.01. The molecule has 4 nitrogen and oxygen atoms in total. The van der Waals surface area contributed by atoms with Gasteiger partial charge in [0.15, 0.2) is 0 Å². The minimum atomic E-state index is 0.877. The van der Waals surface area contributed by atoms with Crippen molar-refractivity contribution >= 4 is 53.4 Å². The van der Waals surface area contributed by atoms with Crippen LogP contribution in [0.4, 0.5) is 0 Å². The molecular formula is C29H22N4S. The van der Waals surface area contributed by atoms with Gasteiger partial charge in [0.1, 0.15) is 12.1 Å². The Morgan fingerprint density at radius 2 is 1.44 bits per heavy atom. The number of pyridine rings is 1. The van der Waals surface area contributed by atoms with Gasteiger partial charge in [0.2, 0.25) is 0 Å². The average molecular weight is 459 g/mol. The van der Waals surface area contributed by atoms with E-state index in [4.69, 9.17) is 9.97 Å². The molecule has 4 aromatic heterocycles. The summed E-state index contributed by atoms with van der Waals surface area (Å²) in [6.07, 6.45) is 5.55. The lowest BCUT2D eigenvalue weighted by Crippen LogP contribution is -2.01. The number of para-hydroxylation sites is 1. The van der Waals surface area contributed by atoms with E-state index in [1.807, 2.05) is 44.4 Å². The minimum absolute atomic E-state index is 0.877. The summed E-state index contributed by atoms with van der Waals surface area (Å²) in [6, 6.07) is 27.3. The molecule has 0 N–H and O–H groups in total. The SMILES string of the molecule is CC.c1ccc(-c2cncnc2-n2c3ccccc3c3cnc4c5ccccc5sc4c32)cc1. The molecule has 164 valence electrons. The predicted octanol–water partition coefficient (Wildman–Crippen LogP) is 8.03. The molecule has 4 heterocycles. The first kappa shape index (κ1) is 20.5. The molecule has 0 spiro atoms. The van der Waals surface area contributed by atoms with Crippen LogP contribution in [0, 0.1) is 0 Å². The molecule has 0 atom stereocenters. The van der Waals surface area contributed by atoms with Crippen molar-refractivity contribution in [3.63, 3.8) is 0 Å². The molecule has 0 fully saturated rings. The van der Waals surface area contributed by atoms with E-state index in [9.17, 15) is 0 Å². The Balaban J connectivity index is 0.00000106. The highest BCUT2D eigenvalue weighted by atomic mass is 32.1. The monoisotopic (exact) mass is 458 g/mol. The second-order valence-electron chi connectivity index (χ2n) is 7.78. The first-order valence-corrected chi connectivity index (χ1v) is 12.3. The molecule has 0 aliphatic heterocycles.